The number of fused-ring (bicyclic) bond motifs is 1. The van der Waals surface area contributed by atoms with Crippen LogP contribution in [-0.2, 0) is 6.42 Å². The molecule has 0 spiro atoms. The number of hydrogen-bond donors (Lipinski definition) is 0. The Hall–Kier alpha value is -0.690. The van der Waals surface area contributed by atoms with Gasteiger partial charge in [0, 0.05) is 4.90 Å². The highest BCUT2D eigenvalue weighted by Gasteiger charge is 2.10. The monoisotopic (exact) mass is 222 g/mol. The minimum atomic E-state index is 1.14. The topological polar surface area (TPSA) is 0 Å². The van der Waals surface area contributed by atoms with E-state index in [1.54, 1.807) is 0 Å². The standard InChI is InChI=1S/C10H10S.2C2H6/c1-8-6-7-9-4-2-3-5-10(9)11-8;2*1-2/h2-5H,1,6-7H2;2*1-2H3. The molecule has 1 aromatic carbocycles. The number of aryl methyl sites for hydroxylation is 1. The number of rotatable bonds is 0. The van der Waals surface area contributed by atoms with E-state index in [2.05, 4.69) is 30.8 Å². The van der Waals surface area contributed by atoms with Crippen molar-refractivity contribution in [1.29, 1.82) is 0 Å². The second kappa shape index (κ2) is 8.60. The normalized spacial score (nSPS) is 12.7. The van der Waals surface area contributed by atoms with Gasteiger partial charge in [-0.25, -0.2) is 0 Å². The lowest BCUT2D eigenvalue weighted by Crippen LogP contribution is -1.94. The van der Waals surface area contributed by atoms with E-state index in [1.807, 2.05) is 39.5 Å². The summed E-state index contributed by atoms with van der Waals surface area (Å²) in [5.74, 6) is 0. The molecule has 0 aliphatic carbocycles. The number of benzene rings is 1. The number of thioether (sulfide) groups is 1. The molecule has 0 nitrogen and oxygen atoms in total. The van der Waals surface area contributed by atoms with Gasteiger partial charge in [-0.3, -0.25) is 0 Å². The van der Waals surface area contributed by atoms with Crippen LogP contribution in [0.2, 0.25) is 0 Å². The second-order valence-electron chi connectivity index (χ2n) is 2.75. The summed E-state index contributed by atoms with van der Waals surface area (Å²) >= 11 is 1.82. The van der Waals surface area contributed by atoms with E-state index in [1.165, 1.54) is 21.8 Å². The van der Waals surface area contributed by atoms with Gasteiger partial charge in [0.15, 0.2) is 0 Å². The zero-order chi connectivity index (χ0) is 11.7. The van der Waals surface area contributed by atoms with Crippen molar-refractivity contribution in [2.45, 2.75) is 45.4 Å². The quantitative estimate of drug-likeness (QED) is 0.574. The summed E-state index contributed by atoms with van der Waals surface area (Å²) in [4.78, 5) is 2.69. The smallest absolute Gasteiger partial charge is 0.0151 e. The van der Waals surface area contributed by atoms with E-state index >= 15 is 0 Å². The summed E-state index contributed by atoms with van der Waals surface area (Å²) in [6.45, 7) is 12.0. The van der Waals surface area contributed by atoms with Crippen LogP contribution in [0.5, 0.6) is 0 Å². The average Bonchev–Trinajstić information content (AvgIpc) is 2.34. The maximum Gasteiger partial charge on any atom is 0.0151 e. The minimum Gasteiger partial charge on any atom is -0.0949 e. The largest absolute Gasteiger partial charge is 0.0949 e. The third-order valence-electron chi connectivity index (χ3n) is 1.90. The molecule has 1 aliphatic heterocycles. The van der Waals surface area contributed by atoms with Gasteiger partial charge >= 0.3 is 0 Å². The molecule has 0 N–H and O–H groups in total. The van der Waals surface area contributed by atoms with Gasteiger partial charge in [-0.05, 0) is 29.4 Å². The zero-order valence-corrected chi connectivity index (χ0v) is 11.2. The molecule has 0 unspecified atom stereocenters. The van der Waals surface area contributed by atoms with Crippen LogP contribution in [0.1, 0.15) is 39.7 Å². The Labute approximate surface area is 98.8 Å². The Kier molecular flexibility index (Phi) is 8.21. The molecule has 0 amide bonds. The van der Waals surface area contributed by atoms with Crippen molar-refractivity contribution in [2.24, 2.45) is 0 Å². The Balaban J connectivity index is 0.000000442. The lowest BCUT2D eigenvalue weighted by Gasteiger charge is -2.15. The van der Waals surface area contributed by atoms with Crippen LogP contribution in [0.3, 0.4) is 0 Å². The van der Waals surface area contributed by atoms with Gasteiger partial charge in [-0.2, -0.15) is 0 Å². The maximum atomic E-state index is 3.98. The summed E-state index contributed by atoms with van der Waals surface area (Å²) in [7, 11) is 0. The Bertz CT molecular complexity index is 289. The molecule has 1 heteroatoms. The van der Waals surface area contributed by atoms with Crippen LogP contribution < -0.4 is 0 Å². The first-order valence-electron chi connectivity index (χ1n) is 5.80. The van der Waals surface area contributed by atoms with Gasteiger partial charge in [0.25, 0.3) is 0 Å². The lowest BCUT2D eigenvalue weighted by atomic mass is 10.1. The first-order chi connectivity index (χ1) is 7.36. The lowest BCUT2D eigenvalue weighted by molar-refractivity contribution is 0.944. The molecule has 0 aromatic heterocycles. The van der Waals surface area contributed by atoms with Crippen molar-refractivity contribution >= 4 is 11.8 Å². The van der Waals surface area contributed by atoms with Crippen LogP contribution in [0.4, 0.5) is 0 Å². The molecular weight excluding hydrogens is 200 g/mol. The summed E-state index contributed by atoms with van der Waals surface area (Å²) in [6, 6.07) is 8.57. The van der Waals surface area contributed by atoms with Crippen LogP contribution in [0.15, 0.2) is 40.6 Å². The van der Waals surface area contributed by atoms with Crippen molar-refractivity contribution in [3.63, 3.8) is 0 Å². The molecule has 0 saturated carbocycles. The first kappa shape index (κ1) is 14.3. The van der Waals surface area contributed by atoms with Gasteiger partial charge in [0.1, 0.15) is 0 Å². The molecule has 1 aliphatic rings. The highest BCUT2D eigenvalue weighted by atomic mass is 32.2. The van der Waals surface area contributed by atoms with Gasteiger partial charge < -0.3 is 0 Å². The predicted molar refractivity (Wildman–Crippen MR) is 72.5 cm³/mol. The zero-order valence-electron chi connectivity index (χ0n) is 10.3. The fourth-order valence-corrected chi connectivity index (χ4v) is 2.25. The van der Waals surface area contributed by atoms with E-state index in [9.17, 15) is 0 Å². The summed E-state index contributed by atoms with van der Waals surface area (Å²) < 4.78 is 0. The summed E-state index contributed by atoms with van der Waals surface area (Å²) in [5, 5.41) is 0. The van der Waals surface area contributed by atoms with E-state index in [-0.39, 0.29) is 0 Å². The average molecular weight is 222 g/mol. The first-order valence-corrected chi connectivity index (χ1v) is 6.61. The molecule has 1 heterocycles. The Morgan fingerprint density at radius 3 is 2.27 bits per heavy atom. The van der Waals surface area contributed by atoms with Crippen LogP contribution >= 0.6 is 11.8 Å². The molecule has 15 heavy (non-hydrogen) atoms. The SMILES string of the molecule is C=C1CCc2ccccc2S1.CC.CC. The number of allylic oxidation sites excluding steroid dienone is 1. The number of hydrogen-bond acceptors (Lipinski definition) is 1. The molecule has 0 bridgehead atoms. The molecule has 0 fully saturated rings. The molecular formula is C14H22S. The van der Waals surface area contributed by atoms with Crippen molar-refractivity contribution in [2.75, 3.05) is 0 Å². The molecule has 84 valence electrons. The summed E-state index contributed by atoms with van der Waals surface area (Å²) in [6.07, 6.45) is 2.31. The predicted octanol–water partition coefficient (Wildman–Crippen LogP) is 5.29. The van der Waals surface area contributed by atoms with Crippen LogP contribution in [0.25, 0.3) is 0 Å². The van der Waals surface area contributed by atoms with E-state index in [4.69, 9.17) is 0 Å². The fraction of sp³-hybridized carbons (Fsp3) is 0.429. The molecule has 0 radical (unpaired) electrons. The maximum absolute atomic E-state index is 3.98. The third kappa shape index (κ3) is 4.57. The van der Waals surface area contributed by atoms with Crippen molar-refractivity contribution in [1.82, 2.24) is 0 Å². The van der Waals surface area contributed by atoms with Gasteiger partial charge in [-0.15, -0.1) is 0 Å². The molecule has 1 aromatic rings. The second-order valence-corrected chi connectivity index (χ2v) is 3.97. The summed E-state index contributed by atoms with van der Waals surface area (Å²) in [5.41, 5.74) is 1.48. The van der Waals surface area contributed by atoms with Crippen molar-refractivity contribution in [3.05, 3.63) is 41.3 Å². The molecule has 0 atom stereocenters. The minimum absolute atomic E-state index is 1.14. The van der Waals surface area contributed by atoms with Crippen molar-refractivity contribution in [3.8, 4) is 0 Å². The van der Waals surface area contributed by atoms with Crippen molar-refractivity contribution < 1.29 is 0 Å². The third-order valence-corrected chi connectivity index (χ3v) is 3.01. The Morgan fingerprint density at radius 2 is 1.60 bits per heavy atom. The highest BCUT2D eigenvalue weighted by molar-refractivity contribution is 8.03. The van der Waals surface area contributed by atoms with E-state index in [0.29, 0.717) is 0 Å². The molecule has 0 saturated heterocycles. The van der Waals surface area contributed by atoms with Gasteiger partial charge in [0.05, 0.1) is 0 Å². The van der Waals surface area contributed by atoms with E-state index in [0.717, 1.165) is 6.42 Å². The molecule has 2 rings (SSSR count). The van der Waals surface area contributed by atoms with E-state index < -0.39 is 0 Å². The van der Waals surface area contributed by atoms with Gasteiger partial charge in [0.2, 0.25) is 0 Å². The Morgan fingerprint density at radius 1 is 1.00 bits per heavy atom. The highest BCUT2D eigenvalue weighted by Crippen LogP contribution is 2.36. The van der Waals surface area contributed by atoms with Gasteiger partial charge in [-0.1, -0.05) is 64.2 Å². The fourth-order valence-electron chi connectivity index (χ4n) is 1.29. The van der Waals surface area contributed by atoms with Crippen LogP contribution in [-0.4, -0.2) is 0 Å². The van der Waals surface area contributed by atoms with Crippen LogP contribution in [0, 0.1) is 0 Å².